The zero-order chi connectivity index (χ0) is 21.6. The minimum absolute atomic E-state index is 0.0137. The summed E-state index contributed by atoms with van der Waals surface area (Å²) < 4.78 is 27.2. The molecule has 5 rings (SSSR count). The summed E-state index contributed by atoms with van der Waals surface area (Å²) in [4.78, 5) is 21.7. The topological polar surface area (TPSA) is 62.5 Å². The predicted octanol–water partition coefficient (Wildman–Crippen LogP) is 3.95. The Morgan fingerprint density at radius 3 is 2.45 bits per heavy atom. The van der Waals surface area contributed by atoms with Gasteiger partial charge in [0.15, 0.2) is 0 Å². The third kappa shape index (κ3) is 3.64. The number of anilines is 2. The molecule has 0 unspecified atom stereocenters. The Morgan fingerprint density at radius 1 is 1.03 bits per heavy atom. The number of halogens is 2. The number of alkyl halides is 2. The van der Waals surface area contributed by atoms with Crippen LogP contribution in [-0.2, 0) is 10.2 Å². The molecular formula is C24H28F2N4O. The van der Waals surface area contributed by atoms with Crippen molar-refractivity contribution in [3.63, 3.8) is 0 Å². The second kappa shape index (κ2) is 7.46. The molecule has 2 aliphatic heterocycles. The van der Waals surface area contributed by atoms with E-state index in [2.05, 4.69) is 22.0 Å². The van der Waals surface area contributed by atoms with E-state index in [1.807, 2.05) is 18.2 Å². The molecular weight excluding hydrogens is 398 g/mol. The van der Waals surface area contributed by atoms with E-state index in [1.165, 1.54) is 5.56 Å². The minimum atomic E-state index is -2.65. The lowest BCUT2D eigenvalue weighted by Crippen LogP contribution is -2.45. The number of benzene rings is 1. The lowest BCUT2D eigenvalue weighted by atomic mass is 9.73. The van der Waals surface area contributed by atoms with Crippen molar-refractivity contribution in [2.75, 3.05) is 36.8 Å². The normalized spacial score (nSPS) is 24.3. The maximum absolute atomic E-state index is 13.6. The molecule has 2 saturated heterocycles. The van der Waals surface area contributed by atoms with Crippen LogP contribution in [0.3, 0.4) is 0 Å². The van der Waals surface area contributed by atoms with Crippen molar-refractivity contribution < 1.29 is 13.6 Å². The van der Waals surface area contributed by atoms with Crippen LogP contribution in [0.5, 0.6) is 0 Å². The number of carbonyl (C=O) groups is 1. The average Bonchev–Trinajstić information content (AvgIpc) is 3.08. The molecule has 0 radical (unpaired) electrons. The van der Waals surface area contributed by atoms with E-state index in [9.17, 15) is 13.6 Å². The van der Waals surface area contributed by atoms with Crippen molar-refractivity contribution in [3.05, 3.63) is 53.7 Å². The van der Waals surface area contributed by atoms with Crippen molar-refractivity contribution in [2.45, 2.75) is 49.4 Å². The molecule has 1 aromatic heterocycles. The molecule has 7 heteroatoms. The van der Waals surface area contributed by atoms with Crippen LogP contribution in [0.1, 0.15) is 49.1 Å². The molecule has 1 atom stereocenters. The van der Waals surface area contributed by atoms with Gasteiger partial charge in [0.05, 0.1) is 5.92 Å². The van der Waals surface area contributed by atoms with Crippen LogP contribution < -0.4 is 10.6 Å². The van der Waals surface area contributed by atoms with Gasteiger partial charge in [-0.3, -0.25) is 4.79 Å². The fraction of sp³-hybridized carbons (Fsp3) is 0.500. The lowest BCUT2D eigenvalue weighted by Gasteiger charge is -2.41. The Labute approximate surface area is 181 Å². The fourth-order valence-electron chi connectivity index (χ4n) is 5.63. The number of nitrogens with two attached hydrogens (primary N) is 1. The minimum Gasteiger partial charge on any atom is -0.399 e. The summed E-state index contributed by atoms with van der Waals surface area (Å²) in [5.74, 6) is -1.98. The molecule has 0 bridgehead atoms. The molecule has 0 saturated carbocycles. The average molecular weight is 427 g/mol. The van der Waals surface area contributed by atoms with E-state index in [0.717, 1.165) is 43.7 Å². The number of nitrogen functional groups attached to an aromatic ring is 1. The van der Waals surface area contributed by atoms with E-state index in [1.54, 1.807) is 17.2 Å². The van der Waals surface area contributed by atoms with Gasteiger partial charge in [0, 0.05) is 62.4 Å². The second-order valence-corrected chi connectivity index (χ2v) is 9.24. The van der Waals surface area contributed by atoms with E-state index >= 15 is 0 Å². The molecule has 1 aliphatic carbocycles. The molecule has 2 N–H and O–H groups in total. The number of hydrogen-bond donors (Lipinski definition) is 1. The highest BCUT2D eigenvalue weighted by Gasteiger charge is 2.49. The van der Waals surface area contributed by atoms with Crippen LogP contribution in [0.4, 0.5) is 20.3 Å². The smallest absolute Gasteiger partial charge is 0.251 e. The fourth-order valence-corrected chi connectivity index (χ4v) is 5.63. The summed E-state index contributed by atoms with van der Waals surface area (Å²) in [7, 11) is 0. The van der Waals surface area contributed by atoms with Gasteiger partial charge in [0.25, 0.3) is 5.92 Å². The molecule has 1 spiro atoms. The molecule has 3 aliphatic rings. The first-order valence-corrected chi connectivity index (χ1v) is 11.1. The van der Waals surface area contributed by atoms with Gasteiger partial charge in [-0.25, -0.2) is 13.8 Å². The standard InChI is InChI=1S/C24H28F2N4O/c25-24(26)8-13-30(14-9-24)22(31)19-16-23(20-4-2-1-3-18(19)20)6-11-29(12-7-23)21-15-17(27)5-10-28-21/h1-5,10,15,19H,6-9,11-14,16H2,(H2,27,28)/t19-/m0/s1. The molecule has 2 fully saturated rings. The van der Waals surface area contributed by atoms with Gasteiger partial charge in [-0.15, -0.1) is 0 Å². The van der Waals surface area contributed by atoms with E-state index in [0.29, 0.717) is 5.69 Å². The number of hydrogen-bond acceptors (Lipinski definition) is 4. The van der Waals surface area contributed by atoms with Crippen LogP contribution in [0.25, 0.3) is 0 Å². The first-order valence-electron chi connectivity index (χ1n) is 11.1. The predicted molar refractivity (Wildman–Crippen MR) is 116 cm³/mol. The number of nitrogens with zero attached hydrogens (tertiary/aromatic N) is 3. The van der Waals surface area contributed by atoms with Gasteiger partial charge in [-0.05, 0) is 36.5 Å². The maximum atomic E-state index is 13.6. The van der Waals surface area contributed by atoms with Crippen molar-refractivity contribution >= 4 is 17.4 Å². The van der Waals surface area contributed by atoms with Gasteiger partial charge in [0.2, 0.25) is 5.91 Å². The molecule has 2 aromatic rings. The number of pyridine rings is 1. The van der Waals surface area contributed by atoms with Crippen LogP contribution >= 0.6 is 0 Å². The number of carbonyl (C=O) groups excluding carboxylic acids is 1. The van der Waals surface area contributed by atoms with Crippen LogP contribution in [0, 0.1) is 0 Å². The number of rotatable bonds is 2. The Kier molecular flexibility index (Phi) is 4.87. The highest BCUT2D eigenvalue weighted by molar-refractivity contribution is 5.86. The summed E-state index contributed by atoms with van der Waals surface area (Å²) in [5.41, 5.74) is 8.93. The SMILES string of the molecule is Nc1ccnc(N2CCC3(CC2)C[C@H](C(=O)N2CCC(F)(F)CC2)c2ccccc23)c1. The first-order chi connectivity index (χ1) is 14.9. The Hall–Kier alpha value is -2.70. The van der Waals surface area contributed by atoms with E-state index in [-0.39, 0.29) is 43.2 Å². The van der Waals surface area contributed by atoms with Gasteiger partial charge in [0.1, 0.15) is 5.82 Å². The number of fused-ring (bicyclic) bond motifs is 2. The quantitative estimate of drug-likeness (QED) is 0.790. The van der Waals surface area contributed by atoms with Crippen LogP contribution in [0.15, 0.2) is 42.6 Å². The Morgan fingerprint density at radius 2 is 1.74 bits per heavy atom. The summed E-state index contributed by atoms with van der Waals surface area (Å²) in [6.45, 7) is 1.99. The van der Waals surface area contributed by atoms with Gasteiger partial charge in [-0.2, -0.15) is 0 Å². The van der Waals surface area contributed by atoms with Crippen molar-refractivity contribution in [2.24, 2.45) is 0 Å². The highest BCUT2D eigenvalue weighted by Crippen LogP contribution is 2.52. The third-order valence-electron chi connectivity index (χ3n) is 7.42. The second-order valence-electron chi connectivity index (χ2n) is 9.24. The zero-order valence-corrected chi connectivity index (χ0v) is 17.6. The van der Waals surface area contributed by atoms with Gasteiger partial charge < -0.3 is 15.5 Å². The number of piperidine rings is 2. The number of amides is 1. The maximum Gasteiger partial charge on any atom is 0.251 e. The van der Waals surface area contributed by atoms with Crippen molar-refractivity contribution in [1.82, 2.24) is 9.88 Å². The largest absolute Gasteiger partial charge is 0.399 e. The van der Waals surface area contributed by atoms with Gasteiger partial charge >= 0.3 is 0 Å². The summed E-state index contributed by atoms with van der Waals surface area (Å²) in [6, 6.07) is 11.9. The zero-order valence-electron chi connectivity index (χ0n) is 17.6. The molecule has 31 heavy (non-hydrogen) atoms. The van der Waals surface area contributed by atoms with Crippen molar-refractivity contribution in [1.29, 1.82) is 0 Å². The molecule has 1 amide bonds. The summed E-state index contributed by atoms with van der Waals surface area (Å²) in [6.07, 6.45) is 3.89. The van der Waals surface area contributed by atoms with Crippen LogP contribution in [-0.4, -0.2) is 47.9 Å². The highest BCUT2D eigenvalue weighted by atomic mass is 19.3. The lowest BCUT2D eigenvalue weighted by molar-refractivity contribution is -0.139. The molecule has 164 valence electrons. The third-order valence-corrected chi connectivity index (χ3v) is 7.42. The summed E-state index contributed by atoms with van der Waals surface area (Å²) >= 11 is 0. The number of aromatic nitrogens is 1. The number of likely N-dealkylation sites (tertiary alicyclic amines) is 1. The summed E-state index contributed by atoms with van der Waals surface area (Å²) in [5, 5.41) is 0. The first kappa shape index (κ1) is 20.2. The van der Waals surface area contributed by atoms with Crippen molar-refractivity contribution in [3.8, 4) is 0 Å². The molecule has 3 heterocycles. The van der Waals surface area contributed by atoms with Crippen LogP contribution in [0.2, 0.25) is 0 Å². The molecule has 1 aromatic carbocycles. The monoisotopic (exact) mass is 426 g/mol. The Bertz CT molecular complexity index is 977. The van der Waals surface area contributed by atoms with E-state index < -0.39 is 5.92 Å². The van der Waals surface area contributed by atoms with E-state index in [4.69, 9.17) is 5.73 Å². The Balaban J connectivity index is 1.35. The van der Waals surface area contributed by atoms with Gasteiger partial charge in [-0.1, -0.05) is 24.3 Å². The molecule has 5 nitrogen and oxygen atoms in total.